The average molecular weight is 622 g/mol. The molecule has 3 aromatic rings. The number of anilines is 4. The number of morpholine rings is 1. The predicted octanol–water partition coefficient (Wildman–Crippen LogP) is 2.09. The first-order chi connectivity index (χ1) is 21.3. The minimum absolute atomic E-state index is 0.124. The monoisotopic (exact) mass is 621 g/mol. The molecule has 4 N–H and O–H groups in total. The van der Waals surface area contributed by atoms with Crippen LogP contribution in [0, 0.1) is 22.7 Å². The van der Waals surface area contributed by atoms with Gasteiger partial charge in [0.1, 0.15) is 6.07 Å². The number of carbonyl (C=O) groups is 1. The third-order valence-corrected chi connectivity index (χ3v) is 8.52. The maximum atomic E-state index is 12.2. The van der Waals surface area contributed by atoms with E-state index in [0.29, 0.717) is 61.1 Å². The van der Waals surface area contributed by atoms with Crippen molar-refractivity contribution in [1.29, 1.82) is 10.5 Å². The molecule has 2 aromatic heterocycles. The lowest BCUT2D eigenvalue weighted by molar-refractivity contribution is 0.0146. The van der Waals surface area contributed by atoms with Gasteiger partial charge in [-0.25, -0.2) is 9.78 Å². The van der Waals surface area contributed by atoms with Crippen molar-refractivity contribution < 1.29 is 19.7 Å². The van der Waals surface area contributed by atoms with E-state index in [4.69, 9.17) is 16.3 Å². The van der Waals surface area contributed by atoms with Gasteiger partial charge >= 0.3 is 6.09 Å². The van der Waals surface area contributed by atoms with E-state index in [9.17, 15) is 25.5 Å². The summed E-state index contributed by atoms with van der Waals surface area (Å²) in [6.45, 7) is 4.12. The quantitative estimate of drug-likeness (QED) is 0.272. The number of hydrogen-bond acceptors (Lipinski definition) is 12. The van der Waals surface area contributed by atoms with Crippen LogP contribution in [0.3, 0.4) is 0 Å². The van der Waals surface area contributed by atoms with Crippen molar-refractivity contribution in [2.45, 2.75) is 37.5 Å². The Morgan fingerprint density at radius 3 is 2.66 bits per heavy atom. The summed E-state index contributed by atoms with van der Waals surface area (Å²) in [5.41, 5.74) is 1.86. The highest BCUT2D eigenvalue weighted by Gasteiger charge is 2.36. The van der Waals surface area contributed by atoms with E-state index < -0.39 is 18.2 Å². The Morgan fingerprint density at radius 2 is 1.98 bits per heavy atom. The van der Waals surface area contributed by atoms with E-state index in [1.54, 1.807) is 12.1 Å². The molecule has 0 spiro atoms. The molecular formula is C28H32ClN11O4. The van der Waals surface area contributed by atoms with Crippen LogP contribution >= 0.6 is 11.6 Å². The number of nitriles is 2. The number of hydrogen-bond donors (Lipinski definition) is 4. The fraction of sp³-hybridized carbons (Fsp3) is 0.500. The van der Waals surface area contributed by atoms with Crippen LogP contribution in [0.15, 0.2) is 18.3 Å². The van der Waals surface area contributed by atoms with Crippen molar-refractivity contribution in [2.24, 2.45) is 0 Å². The van der Waals surface area contributed by atoms with E-state index in [1.807, 2.05) is 4.90 Å². The van der Waals surface area contributed by atoms with Gasteiger partial charge in [-0.2, -0.15) is 20.0 Å². The second kappa shape index (κ2) is 12.7. The largest absolute Gasteiger partial charge is 0.465 e. The van der Waals surface area contributed by atoms with E-state index >= 15 is 0 Å². The number of carboxylic acid groups (broad SMARTS) is 1. The summed E-state index contributed by atoms with van der Waals surface area (Å²) >= 11 is 6.89. The van der Waals surface area contributed by atoms with Crippen molar-refractivity contribution in [1.82, 2.24) is 29.4 Å². The third kappa shape index (κ3) is 6.27. The van der Waals surface area contributed by atoms with Crippen LogP contribution in [0.5, 0.6) is 0 Å². The number of ether oxygens (including phenoxy) is 1. The maximum Gasteiger partial charge on any atom is 0.407 e. The zero-order chi connectivity index (χ0) is 30.8. The number of aliphatic hydroxyl groups is 1. The number of piperidine rings is 1. The molecule has 1 saturated carbocycles. The van der Waals surface area contributed by atoms with Crippen LogP contribution < -0.4 is 15.5 Å². The summed E-state index contributed by atoms with van der Waals surface area (Å²) in [5, 5.41) is 51.6. The molecule has 3 aliphatic rings. The molecule has 1 aromatic carbocycles. The number of benzene rings is 1. The van der Waals surface area contributed by atoms with Crippen LogP contribution in [0.2, 0.25) is 5.02 Å². The number of aliphatic hydroxyl groups excluding tert-OH is 1. The Kier molecular flexibility index (Phi) is 8.54. The van der Waals surface area contributed by atoms with Crippen molar-refractivity contribution in [2.75, 3.05) is 68.0 Å². The number of imidazole rings is 1. The molecule has 0 bridgehead atoms. The summed E-state index contributed by atoms with van der Waals surface area (Å²) in [4.78, 5) is 26.4. The van der Waals surface area contributed by atoms with Crippen LogP contribution in [0.4, 0.5) is 27.9 Å². The van der Waals surface area contributed by atoms with E-state index in [1.165, 1.54) is 15.6 Å². The lowest BCUT2D eigenvalue weighted by Crippen LogP contribution is -2.57. The predicted molar refractivity (Wildman–Crippen MR) is 160 cm³/mol. The molecule has 0 unspecified atom stereocenters. The Balaban J connectivity index is 1.22. The maximum absolute atomic E-state index is 12.2. The topological polar surface area (TPSA) is 191 Å². The zero-order valence-corrected chi connectivity index (χ0v) is 24.6. The second-order valence-corrected chi connectivity index (χ2v) is 11.5. The van der Waals surface area contributed by atoms with Crippen LogP contribution in [0.1, 0.15) is 30.5 Å². The van der Waals surface area contributed by atoms with Gasteiger partial charge in [-0.05, 0) is 31.4 Å². The van der Waals surface area contributed by atoms with Crippen molar-refractivity contribution in [3.8, 4) is 12.1 Å². The molecule has 2 aliphatic heterocycles. The van der Waals surface area contributed by atoms with E-state index in [0.717, 1.165) is 25.9 Å². The standard InChI is InChI=1S/C28H32ClN11O4/c29-24-20(34-27-35-25(33-18-1-2-18)26-32-15-19(14-31)40(26)36-27)11-17(13-30)12-22(24)38-4-3-21(23(41)16-38)39(28(42)43)6-5-37-7-9-44-10-8-37/h11-12,15,18,21,23,41H,1-10,16H2,(H,42,43)(H2,33,34,35,36)/t21-,23-/m1/s1. The summed E-state index contributed by atoms with van der Waals surface area (Å²) in [5.74, 6) is 0.621. The first-order valence-corrected chi connectivity index (χ1v) is 14.9. The summed E-state index contributed by atoms with van der Waals surface area (Å²) < 4.78 is 6.78. The SMILES string of the molecule is N#Cc1cc(Nc2nc(NC3CC3)c3ncc(C#N)n3n2)c(Cl)c(N2CC[C@@H](N(CCN3CCOCC3)C(=O)O)[C@H](O)C2)c1. The second-order valence-electron chi connectivity index (χ2n) is 11.1. The Hall–Kier alpha value is -4.41. The van der Waals surface area contributed by atoms with Gasteiger partial charge in [-0.1, -0.05) is 11.6 Å². The van der Waals surface area contributed by atoms with Gasteiger partial charge in [0.25, 0.3) is 0 Å². The van der Waals surface area contributed by atoms with Gasteiger partial charge in [0.2, 0.25) is 5.95 Å². The van der Waals surface area contributed by atoms with Crippen molar-refractivity contribution in [3.05, 3.63) is 34.6 Å². The molecule has 230 valence electrons. The highest BCUT2D eigenvalue weighted by molar-refractivity contribution is 6.36. The minimum Gasteiger partial charge on any atom is -0.465 e. The van der Waals surface area contributed by atoms with Gasteiger partial charge < -0.3 is 35.4 Å². The van der Waals surface area contributed by atoms with Gasteiger partial charge in [0.15, 0.2) is 17.2 Å². The highest BCUT2D eigenvalue weighted by atomic mass is 35.5. The first-order valence-electron chi connectivity index (χ1n) is 14.5. The minimum atomic E-state index is -1.07. The van der Waals surface area contributed by atoms with Gasteiger partial charge in [-0.15, -0.1) is 5.10 Å². The number of amides is 1. The number of nitrogens with zero attached hydrogens (tertiary/aromatic N) is 9. The summed E-state index contributed by atoms with van der Waals surface area (Å²) in [6.07, 6.45) is 1.76. The summed E-state index contributed by atoms with van der Waals surface area (Å²) in [7, 11) is 0. The molecule has 16 heteroatoms. The zero-order valence-electron chi connectivity index (χ0n) is 23.9. The molecule has 44 heavy (non-hydrogen) atoms. The number of β-amino-alcohol motifs (C(OH)–C–C–N with tert-alkyl or cyclic N) is 1. The molecule has 1 aliphatic carbocycles. The van der Waals surface area contributed by atoms with Gasteiger partial charge in [0.05, 0.1) is 59.6 Å². The first kappa shape index (κ1) is 29.7. The summed E-state index contributed by atoms with van der Waals surface area (Å²) in [6, 6.07) is 7.13. The number of halogens is 1. The van der Waals surface area contributed by atoms with E-state index in [2.05, 4.69) is 42.7 Å². The number of rotatable bonds is 9. The van der Waals surface area contributed by atoms with Crippen LogP contribution in [-0.4, -0.2) is 116 Å². The molecule has 15 nitrogen and oxygen atoms in total. The van der Waals surface area contributed by atoms with Crippen molar-refractivity contribution in [3.63, 3.8) is 0 Å². The Bertz CT molecular complexity index is 1630. The van der Waals surface area contributed by atoms with Gasteiger partial charge in [-0.3, -0.25) is 4.90 Å². The molecule has 2 saturated heterocycles. The fourth-order valence-corrected chi connectivity index (χ4v) is 5.90. The van der Waals surface area contributed by atoms with E-state index in [-0.39, 0.29) is 35.8 Å². The molecule has 0 radical (unpaired) electrons. The molecule has 4 heterocycles. The lowest BCUT2D eigenvalue weighted by atomic mass is 9.99. The Morgan fingerprint density at radius 1 is 1.18 bits per heavy atom. The third-order valence-electron chi connectivity index (χ3n) is 8.12. The molecule has 3 fully saturated rings. The van der Waals surface area contributed by atoms with Gasteiger partial charge in [0, 0.05) is 45.3 Å². The number of fused-ring (bicyclic) bond motifs is 1. The highest BCUT2D eigenvalue weighted by Crippen LogP contribution is 2.38. The molecule has 1 amide bonds. The normalized spacial score (nSPS) is 20.6. The van der Waals surface area contributed by atoms with Crippen LogP contribution in [0.25, 0.3) is 5.65 Å². The number of aromatic nitrogens is 4. The lowest BCUT2D eigenvalue weighted by Gasteiger charge is -2.42. The number of nitrogens with one attached hydrogen (secondary N) is 2. The molecule has 2 atom stereocenters. The van der Waals surface area contributed by atoms with Crippen molar-refractivity contribution >= 4 is 46.5 Å². The fourth-order valence-electron chi connectivity index (χ4n) is 5.62. The Labute approximate surface area is 258 Å². The average Bonchev–Trinajstić information content (AvgIpc) is 3.74. The molecule has 6 rings (SSSR count). The van der Waals surface area contributed by atoms with Crippen LogP contribution in [-0.2, 0) is 4.74 Å². The molecular weight excluding hydrogens is 590 g/mol. The smallest absolute Gasteiger partial charge is 0.407 e.